The molecule has 0 aliphatic carbocycles. The molecule has 1 aromatic heterocycles. The van der Waals surface area contributed by atoms with Gasteiger partial charge >= 0.3 is 0 Å². The third-order valence-electron chi connectivity index (χ3n) is 4.05. The van der Waals surface area contributed by atoms with E-state index in [-0.39, 0.29) is 6.10 Å². The second kappa shape index (κ2) is 12.0. The minimum atomic E-state index is 0.213. The molecule has 2 heterocycles. The molecule has 27 heavy (non-hydrogen) atoms. The van der Waals surface area contributed by atoms with Crippen molar-refractivity contribution in [2.75, 3.05) is 27.2 Å². The number of nitrogens with zero attached hydrogens (tertiary/aromatic N) is 3. The number of carbonyl (C=O) groups excluding carboxylic acids is 1. The van der Waals surface area contributed by atoms with Gasteiger partial charge in [-0.1, -0.05) is 17.7 Å². The fraction of sp³-hybridized carbons (Fsp3) is 0.350. The number of aromatic nitrogens is 1. The van der Waals surface area contributed by atoms with Gasteiger partial charge in [0.2, 0.25) is 5.88 Å². The van der Waals surface area contributed by atoms with Crippen LogP contribution in [0.3, 0.4) is 0 Å². The highest BCUT2D eigenvalue weighted by atomic mass is 35.5. The molecule has 0 radical (unpaired) electrons. The fourth-order valence-corrected chi connectivity index (χ4v) is 2.97. The number of pyridine rings is 1. The van der Waals surface area contributed by atoms with Crippen molar-refractivity contribution in [3.63, 3.8) is 0 Å². The summed E-state index contributed by atoms with van der Waals surface area (Å²) in [5.74, 6) is 0.623. The largest absolute Gasteiger partial charge is 0.474 e. The first kappa shape index (κ1) is 22.6. The van der Waals surface area contributed by atoms with Crippen molar-refractivity contribution in [2.45, 2.75) is 18.9 Å². The molecule has 0 bridgehead atoms. The van der Waals surface area contributed by atoms with E-state index >= 15 is 0 Å². The maximum atomic E-state index is 8.92. The summed E-state index contributed by atoms with van der Waals surface area (Å²) < 4.78 is 6.02. The lowest BCUT2D eigenvalue weighted by Crippen LogP contribution is -2.35. The van der Waals surface area contributed by atoms with E-state index in [4.69, 9.17) is 26.4 Å². The molecule has 3 rings (SSSR count). The van der Waals surface area contributed by atoms with Crippen molar-refractivity contribution < 1.29 is 9.53 Å². The van der Waals surface area contributed by atoms with E-state index in [1.807, 2.05) is 31.1 Å². The van der Waals surface area contributed by atoms with Gasteiger partial charge in [0.05, 0.1) is 22.3 Å². The van der Waals surface area contributed by atoms with Crippen LogP contribution in [0.1, 0.15) is 18.4 Å². The van der Waals surface area contributed by atoms with Gasteiger partial charge in [-0.05, 0) is 51.2 Å². The fourth-order valence-electron chi connectivity index (χ4n) is 2.70. The molecule has 0 saturated carbocycles. The first-order valence-electron chi connectivity index (χ1n) is 8.54. The standard InChI is InChI=1S/C18H18ClN3O.CH5N.CH2O/c1-22-9-7-14(8-10-22)23-18-4-2-3-17(21-18)15-6-5-13(12-20)11-16(15)19;2*1-2/h2-6,11,14H,7-10H2,1H3;2H2,1H3;1H2. The molecule has 0 unspecified atom stereocenters. The number of benzene rings is 1. The van der Waals surface area contributed by atoms with Crippen LogP contribution in [-0.4, -0.2) is 50.0 Å². The molecule has 1 aliphatic rings. The maximum Gasteiger partial charge on any atom is 0.214 e. The van der Waals surface area contributed by atoms with E-state index in [1.54, 1.807) is 12.1 Å². The molecule has 1 aromatic carbocycles. The van der Waals surface area contributed by atoms with E-state index in [1.165, 1.54) is 7.05 Å². The average Bonchev–Trinajstić information content (AvgIpc) is 2.73. The number of hydrogen-bond acceptors (Lipinski definition) is 6. The van der Waals surface area contributed by atoms with Crippen molar-refractivity contribution in [3.05, 3.63) is 47.0 Å². The quantitative estimate of drug-likeness (QED) is 0.868. The van der Waals surface area contributed by atoms with Gasteiger partial charge in [0, 0.05) is 24.7 Å². The monoisotopic (exact) mass is 388 g/mol. The molecule has 1 aliphatic heterocycles. The molecule has 6 nitrogen and oxygen atoms in total. The number of nitrogens with two attached hydrogens (primary N) is 1. The molecule has 0 atom stereocenters. The Balaban J connectivity index is 0.000000855. The Morgan fingerprint density at radius 1 is 1.26 bits per heavy atom. The van der Waals surface area contributed by atoms with Crippen molar-refractivity contribution in [2.24, 2.45) is 5.73 Å². The van der Waals surface area contributed by atoms with Gasteiger partial charge in [-0.3, -0.25) is 0 Å². The number of halogens is 1. The average molecular weight is 389 g/mol. The minimum Gasteiger partial charge on any atom is -0.474 e. The molecule has 2 N–H and O–H groups in total. The Morgan fingerprint density at radius 2 is 1.93 bits per heavy atom. The van der Waals surface area contributed by atoms with E-state index in [0.717, 1.165) is 37.2 Å². The summed E-state index contributed by atoms with van der Waals surface area (Å²) in [7, 11) is 3.63. The number of piperidine rings is 1. The zero-order valence-electron chi connectivity index (χ0n) is 15.7. The molecule has 0 spiro atoms. The highest BCUT2D eigenvalue weighted by Crippen LogP contribution is 2.29. The van der Waals surface area contributed by atoms with E-state index < -0.39 is 0 Å². The highest BCUT2D eigenvalue weighted by molar-refractivity contribution is 6.33. The molecule has 1 fully saturated rings. The zero-order chi connectivity index (χ0) is 20.2. The van der Waals surface area contributed by atoms with E-state index in [2.05, 4.69) is 28.7 Å². The summed E-state index contributed by atoms with van der Waals surface area (Å²) in [6.45, 7) is 4.09. The van der Waals surface area contributed by atoms with Crippen LogP contribution >= 0.6 is 11.6 Å². The third kappa shape index (κ3) is 6.65. The smallest absolute Gasteiger partial charge is 0.214 e. The minimum absolute atomic E-state index is 0.213. The van der Waals surface area contributed by atoms with Crippen molar-refractivity contribution in [3.8, 4) is 23.2 Å². The number of carbonyl (C=O) groups is 1. The normalized spacial score (nSPS) is 14.0. The number of nitriles is 1. The summed E-state index contributed by atoms with van der Waals surface area (Å²) in [5, 5.41) is 9.44. The second-order valence-corrected chi connectivity index (χ2v) is 6.20. The van der Waals surface area contributed by atoms with Crippen LogP contribution in [0.25, 0.3) is 11.3 Å². The molecular formula is C20H25ClN4O2. The Kier molecular flexibility index (Phi) is 10.1. The lowest BCUT2D eigenvalue weighted by molar-refractivity contribution is -0.0979. The molecule has 144 valence electrons. The van der Waals surface area contributed by atoms with Crippen LogP contribution in [-0.2, 0) is 4.79 Å². The highest BCUT2D eigenvalue weighted by Gasteiger charge is 2.18. The van der Waals surface area contributed by atoms with Crippen LogP contribution < -0.4 is 10.5 Å². The van der Waals surface area contributed by atoms with Crippen molar-refractivity contribution >= 4 is 18.4 Å². The van der Waals surface area contributed by atoms with Crippen LogP contribution in [0.2, 0.25) is 5.02 Å². The predicted octanol–water partition coefficient (Wildman–Crippen LogP) is 3.14. The first-order valence-corrected chi connectivity index (χ1v) is 8.92. The van der Waals surface area contributed by atoms with Crippen molar-refractivity contribution in [1.82, 2.24) is 9.88 Å². The van der Waals surface area contributed by atoms with E-state index in [9.17, 15) is 0 Å². The molecule has 7 heteroatoms. The lowest BCUT2D eigenvalue weighted by Gasteiger charge is -2.29. The number of ether oxygens (including phenoxy) is 1. The summed E-state index contributed by atoms with van der Waals surface area (Å²) in [5.41, 5.74) is 6.60. The van der Waals surface area contributed by atoms with Crippen LogP contribution in [0.15, 0.2) is 36.4 Å². The number of hydrogen-bond donors (Lipinski definition) is 1. The SMILES string of the molecule is C=O.CN.CN1CCC(Oc2cccc(-c3ccc(C#N)cc3Cl)n2)CC1. The molecule has 1 saturated heterocycles. The number of rotatable bonds is 3. The van der Waals surface area contributed by atoms with Crippen LogP contribution in [0.4, 0.5) is 0 Å². The zero-order valence-corrected chi connectivity index (χ0v) is 16.4. The van der Waals surface area contributed by atoms with Gasteiger partial charge in [-0.15, -0.1) is 0 Å². The first-order chi connectivity index (χ1) is 13.2. The van der Waals surface area contributed by atoms with Crippen molar-refractivity contribution in [1.29, 1.82) is 5.26 Å². The predicted molar refractivity (Wildman–Crippen MR) is 108 cm³/mol. The molecule has 2 aromatic rings. The molecule has 0 amide bonds. The Bertz CT molecular complexity index is 756. The Morgan fingerprint density at radius 3 is 2.52 bits per heavy atom. The van der Waals surface area contributed by atoms with Crippen LogP contribution in [0.5, 0.6) is 5.88 Å². The summed E-state index contributed by atoms with van der Waals surface area (Å²) in [4.78, 5) is 14.9. The Labute approximate surface area is 165 Å². The third-order valence-corrected chi connectivity index (χ3v) is 4.36. The van der Waals surface area contributed by atoms with E-state index in [0.29, 0.717) is 16.5 Å². The second-order valence-electron chi connectivity index (χ2n) is 5.79. The van der Waals surface area contributed by atoms with Gasteiger partial charge in [0.15, 0.2) is 0 Å². The summed E-state index contributed by atoms with van der Waals surface area (Å²) >= 11 is 6.27. The van der Waals surface area contributed by atoms with Gasteiger partial charge in [-0.25, -0.2) is 4.98 Å². The molecular weight excluding hydrogens is 364 g/mol. The summed E-state index contributed by atoms with van der Waals surface area (Å²) in [6.07, 6.45) is 2.24. The number of likely N-dealkylation sites (tertiary alicyclic amines) is 1. The van der Waals surface area contributed by atoms with Gasteiger partial charge in [0.25, 0.3) is 0 Å². The van der Waals surface area contributed by atoms with Gasteiger partial charge < -0.3 is 20.2 Å². The topological polar surface area (TPSA) is 92.2 Å². The Hall–Kier alpha value is -2.46. The lowest BCUT2D eigenvalue weighted by atomic mass is 10.1. The van der Waals surface area contributed by atoms with Gasteiger partial charge in [-0.2, -0.15) is 5.26 Å². The summed E-state index contributed by atoms with van der Waals surface area (Å²) in [6, 6.07) is 13.0. The van der Waals surface area contributed by atoms with Gasteiger partial charge in [0.1, 0.15) is 12.9 Å². The van der Waals surface area contributed by atoms with Crippen LogP contribution in [0, 0.1) is 11.3 Å². The maximum absolute atomic E-state index is 8.92.